The van der Waals surface area contributed by atoms with Crippen LogP contribution >= 0.6 is 0 Å². The molecule has 32 heavy (non-hydrogen) atoms. The summed E-state index contributed by atoms with van der Waals surface area (Å²) in [5.74, 6) is 0.210. The van der Waals surface area contributed by atoms with Gasteiger partial charge in [0.1, 0.15) is 12.4 Å². The van der Waals surface area contributed by atoms with E-state index < -0.39 is 12.1 Å². The minimum atomic E-state index is -0.527. The molecule has 1 heterocycles. The topological polar surface area (TPSA) is 77.1 Å². The Morgan fingerprint density at radius 2 is 1.81 bits per heavy atom. The molecule has 3 rings (SSSR count). The maximum atomic E-state index is 13.1. The van der Waals surface area contributed by atoms with E-state index in [4.69, 9.17) is 14.2 Å². The average Bonchev–Trinajstić information content (AvgIpc) is 2.83. The number of benzene rings is 2. The summed E-state index contributed by atoms with van der Waals surface area (Å²) in [5.41, 5.74) is 1.77. The van der Waals surface area contributed by atoms with E-state index in [9.17, 15) is 9.59 Å². The number of hydrogen-bond donors (Lipinski definition) is 1. The molecular weight excluding hydrogens is 408 g/mol. The molecule has 1 aliphatic rings. The summed E-state index contributed by atoms with van der Waals surface area (Å²) in [7, 11) is 1.33. The Labute approximate surface area is 189 Å². The van der Waals surface area contributed by atoms with Crippen molar-refractivity contribution >= 4 is 17.7 Å². The van der Waals surface area contributed by atoms with Crippen LogP contribution in [0.1, 0.15) is 42.6 Å². The first kappa shape index (κ1) is 23.6. The molecule has 0 aromatic heterocycles. The zero-order chi connectivity index (χ0) is 22.9. The van der Waals surface area contributed by atoms with E-state index in [1.807, 2.05) is 44.2 Å². The van der Waals surface area contributed by atoms with Crippen LogP contribution in [0, 0.1) is 5.92 Å². The van der Waals surface area contributed by atoms with Crippen molar-refractivity contribution in [1.29, 1.82) is 0 Å². The molecule has 2 aromatic rings. The molecule has 0 saturated carbocycles. The third-order valence-electron chi connectivity index (χ3n) is 5.29. The molecule has 2 aromatic carbocycles. The molecule has 0 atom stereocenters. The lowest BCUT2D eigenvalue weighted by Gasteiger charge is -2.35. The van der Waals surface area contributed by atoms with Crippen LogP contribution in [0.5, 0.6) is 5.75 Å². The third kappa shape index (κ3) is 6.23. The van der Waals surface area contributed by atoms with Gasteiger partial charge in [-0.15, -0.1) is 0 Å². The number of piperidine rings is 1. The smallest absolute Gasteiger partial charge is 0.414 e. The van der Waals surface area contributed by atoms with Crippen LogP contribution in [0.25, 0.3) is 0 Å². The minimum Gasteiger partial charge on any atom is -0.489 e. The summed E-state index contributed by atoms with van der Waals surface area (Å²) in [6.07, 6.45) is 1.08. The van der Waals surface area contributed by atoms with E-state index in [2.05, 4.69) is 5.32 Å². The lowest BCUT2D eigenvalue weighted by atomic mass is 10.0. The van der Waals surface area contributed by atoms with E-state index in [-0.39, 0.29) is 17.5 Å². The Morgan fingerprint density at radius 3 is 2.47 bits per heavy atom. The predicted octanol–water partition coefficient (Wildman–Crippen LogP) is 4.40. The van der Waals surface area contributed by atoms with Crippen LogP contribution < -0.4 is 15.0 Å². The fraction of sp³-hybridized carbons (Fsp3) is 0.440. The number of methoxy groups -OCH3 is 1. The summed E-state index contributed by atoms with van der Waals surface area (Å²) >= 11 is 0. The van der Waals surface area contributed by atoms with Crippen molar-refractivity contribution in [3.8, 4) is 5.75 Å². The van der Waals surface area contributed by atoms with Crippen molar-refractivity contribution in [2.45, 2.75) is 39.3 Å². The van der Waals surface area contributed by atoms with Gasteiger partial charge in [0, 0.05) is 6.04 Å². The van der Waals surface area contributed by atoms with E-state index in [0.29, 0.717) is 24.7 Å². The highest BCUT2D eigenvalue weighted by molar-refractivity contribution is 6.01. The van der Waals surface area contributed by atoms with Crippen molar-refractivity contribution in [3.63, 3.8) is 0 Å². The predicted molar refractivity (Wildman–Crippen MR) is 123 cm³/mol. The van der Waals surface area contributed by atoms with Gasteiger partial charge in [-0.2, -0.15) is 0 Å². The van der Waals surface area contributed by atoms with Crippen molar-refractivity contribution < 1.29 is 23.8 Å². The molecule has 172 valence electrons. The first-order valence-electron chi connectivity index (χ1n) is 11.1. The van der Waals surface area contributed by atoms with Crippen LogP contribution in [-0.4, -0.2) is 44.9 Å². The fourth-order valence-corrected chi connectivity index (χ4v) is 3.65. The van der Waals surface area contributed by atoms with Gasteiger partial charge in [-0.3, -0.25) is 4.90 Å². The van der Waals surface area contributed by atoms with Crippen molar-refractivity contribution in [1.82, 2.24) is 5.32 Å². The standard InChI is InChI=1S/C25H32N2O5/c1-18(2)16-32-25(29)27(20-11-13-26-14-12-20)23-10-9-21(15-22(23)24(28)30-3)31-17-19-7-5-4-6-8-19/h4-10,15,18,20,26H,11-14,16-17H2,1-3H3. The first-order valence-corrected chi connectivity index (χ1v) is 11.1. The fourth-order valence-electron chi connectivity index (χ4n) is 3.65. The van der Waals surface area contributed by atoms with Gasteiger partial charge in [0.2, 0.25) is 0 Å². The molecule has 0 bridgehead atoms. The van der Waals surface area contributed by atoms with Crippen LogP contribution in [0.3, 0.4) is 0 Å². The number of esters is 1. The van der Waals surface area contributed by atoms with Gasteiger partial charge in [-0.05, 0) is 55.6 Å². The Morgan fingerprint density at radius 1 is 1.09 bits per heavy atom. The number of hydrogen-bond acceptors (Lipinski definition) is 6. The second-order valence-electron chi connectivity index (χ2n) is 8.27. The van der Waals surface area contributed by atoms with Gasteiger partial charge in [0.25, 0.3) is 0 Å². The number of carbonyl (C=O) groups is 2. The molecule has 1 aliphatic heterocycles. The van der Waals surface area contributed by atoms with Gasteiger partial charge in [0.15, 0.2) is 0 Å². The van der Waals surface area contributed by atoms with Crippen molar-refractivity contribution in [2.75, 3.05) is 31.7 Å². The second kappa shape index (κ2) is 11.5. The van der Waals surface area contributed by atoms with Crippen LogP contribution in [-0.2, 0) is 16.1 Å². The highest BCUT2D eigenvalue weighted by Crippen LogP contribution is 2.31. The molecule has 0 unspecified atom stereocenters. The largest absolute Gasteiger partial charge is 0.489 e. The lowest BCUT2D eigenvalue weighted by Crippen LogP contribution is -2.47. The van der Waals surface area contributed by atoms with Crippen LogP contribution in [0.2, 0.25) is 0 Å². The average molecular weight is 441 g/mol. The van der Waals surface area contributed by atoms with E-state index in [0.717, 1.165) is 31.5 Å². The van der Waals surface area contributed by atoms with Crippen molar-refractivity contribution in [2.24, 2.45) is 5.92 Å². The summed E-state index contributed by atoms with van der Waals surface area (Å²) in [4.78, 5) is 27.4. The summed E-state index contributed by atoms with van der Waals surface area (Å²) in [6.45, 7) is 6.25. The summed E-state index contributed by atoms with van der Waals surface area (Å²) < 4.78 is 16.5. The quantitative estimate of drug-likeness (QED) is 0.613. The Balaban J connectivity index is 1.90. The maximum absolute atomic E-state index is 13.1. The van der Waals surface area contributed by atoms with Gasteiger partial charge >= 0.3 is 12.1 Å². The van der Waals surface area contributed by atoms with Gasteiger partial charge in [0.05, 0.1) is 25.0 Å². The molecule has 1 saturated heterocycles. The first-order chi connectivity index (χ1) is 15.5. The monoisotopic (exact) mass is 440 g/mol. The van der Waals surface area contributed by atoms with E-state index in [1.165, 1.54) is 7.11 Å². The molecule has 1 fully saturated rings. The number of nitrogens with one attached hydrogen (secondary N) is 1. The highest BCUT2D eigenvalue weighted by atomic mass is 16.6. The van der Waals surface area contributed by atoms with Crippen LogP contribution in [0.15, 0.2) is 48.5 Å². The van der Waals surface area contributed by atoms with Gasteiger partial charge in [-0.1, -0.05) is 44.2 Å². The zero-order valence-electron chi connectivity index (χ0n) is 19.0. The van der Waals surface area contributed by atoms with E-state index in [1.54, 1.807) is 23.1 Å². The molecule has 1 amide bonds. The van der Waals surface area contributed by atoms with Gasteiger partial charge in [-0.25, -0.2) is 9.59 Å². The summed E-state index contributed by atoms with van der Waals surface area (Å²) in [5, 5.41) is 3.31. The number of rotatable bonds is 8. The molecule has 0 radical (unpaired) electrons. The molecular formula is C25H32N2O5. The molecule has 0 spiro atoms. The maximum Gasteiger partial charge on any atom is 0.414 e. The number of amides is 1. The minimum absolute atomic E-state index is 0.0737. The Hall–Kier alpha value is -3.06. The number of carbonyl (C=O) groups excluding carboxylic acids is 2. The number of ether oxygens (including phenoxy) is 3. The molecule has 7 heteroatoms. The molecule has 7 nitrogen and oxygen atoms in total. The highest BCUT2D eigenvalue weighted by Gasteiger charge is 2.31. The van der Waals surface area contributed by atoms with Gasteiger partial charge < -0.3 is 19.5 Å². The SMILES string of the molecule is COC(=O)c1cc(OCc2ccccc2)ccc1N(C(=O)OCC(C)C)C1CCNCC1. The number of anilines is 1. The zero-order valence-corrected chi connectivity index (χ0v) is 19.0. The third-order valence-corrected chi connectivity index (χ3v) is 5.29. The van der Waals surface area contributed by atoms with Crippen molar-refractivity contribution in [3.05, 3.63) is 59.7 Å². The summed E-state index contributed by atoms with van der Waals surface area (Å²) in [6, 6.07) is 14.9. The Bertz CT molecular complexity index is 894. The normalized spacial score (nSPS) is 14.1. The van der Waals surface area contributed by atoms with Crippen LogP contribution in [0.4, 0.5) is 10.5 Å². The molecule has 1 N–H and O–H groups in total. The lowest BCUT2D eigenvalue weighted by molar-refractivity contribution is 0.0601. The Kier molecular flexibility index (Phi) is 8.50. The van der Waals surface area contributed by atoms with E-state index >= 15 is 0 Å². The number of nitrogens with zero attached hydrogens (tertiary/aromatic N) is 1. The second-order valence-corrected chi connectivity index (χ2v) is 8.27. The molecule has 0 aliphatic carbocycles.